The average Bonchev–Trinajstić information content (AvgIpc) is 2.84. The number of benzene rings is 1. The topological polar surface area (TPSA) is 55.8 Å². The van der Waals surface area contributed by atoms with Crippen molar-refractivity contribution in [2.24, 2.45) is 0 Å². The van der Waals surface area contributed by atoms with E-state index >= 15 is 0 Å². The summed E-state index contributed by atoms with van der Waals surface area (Å²) >= 11 is 4.35. The zero-order valence-corrected chi connectivity index (χ0v) is 16.6. The number of hydrogen-bond donors (Lipinski definition) is 0. The quantitative estimate of drug-likeness (QED) is 0.504. The maximum Gasteiger partial charge on any atom is 0.294 e. The van der Waals surface area contributed by atoms with E-state index in [4.69, 9.17) is 15.9 Å². The number of amides is 2. The highest BCUT2D eigenvalue weighted by atomic mass is 79.9. The van der Waals surface area contributed by atoms with Gasteiger partial charge >= 0.3 is 0 Å². The van der Waals surface area contributed by atoms with Crippen LogP contribution in [0.4, 0.5) is 4.79 Å². The van der Waals surface area contributed by atoms with Crippen LogP contribution in [-0.2, 0) is 4.79 Å². The molecule has 0 aromatic heterocycles. The third kappa shape index (κ3) is 4.39. The van der Waals surface area contributed by atoms with Crippen LogP contribution in [0.5, 0.6) is 11.5 Å². The van der Waals surface area contributed by atoms with Crippen LogP contribution >= 0.6 is 27.7 Å². The minimum absolute atomic E-state index is 0.0310. The van der Waals surface area contributed by atoms with Crippen molar-refractivity contribution in [1.82, 2.24) is 4.90 Å². The van der Waals surface area contributed by atoms with E-state index in [-0.39, 0.29) is 23.8 Å². The average molecular weight is 424 g/mol. The maximum atomic E-state index is 12.3. The molecule has 0 spiro atoms. The van der Waals surface area contributed by atoms with Crippen molar-refractivity contribution in [1.29, 1.82) is 0 Å². The number of carbonyl (C=O) groups excluding carboxylic acids is 2. The summed E-state index contributed by atoms with van der Waals surface area (Å²) in [5, 5.41) is -0.364. The predicted octanol–water partition coefficient (Wildman–Crippen LogP) is 4.30. The van der Waals surface area contributed by atoms with Gasteiger partial charge in [-0.1, -0.05) is 12.8 Å². The first-order valence-corrected chi connectivity index (χ1v) is 9.25. The molecule has 0 bridgehead atoms. The molecule has 132 valence electrons. The van der Waals surface area contributed by atoms with E-state index < -0.39 is 0 Å². The third-order valence-electron chi connectivity index (χ3n) is 3.57. The smallest absolute Gasteiger partial charge is 0.294 e. The largest absolute Gasteiger partial charge is 0.493 e. The Morgan fingerprint density at radius 3 is 2.76 bits per heavy atom. The second kappa shape index (κ2) is 8.45. The normalized spacial score (nSPS) is 16.9. The van der Waals surface area contributed by atoms with E-state index in [1.807, 2.05) is 19.9 Å². The number of carbonyl (C=O) groups is 2. The molecular weight excluding hydrogens is 406 g/mol. The monoisotopic (exact) mass is 423 g/mol. The lowest BCUT2D eigenvalue weighted by atomic mass is 10.1. The highest BCUT2D eigenvalue weighted by Crippen LogP contribution is 2.39. The van der Waals surface area contributed by atoms with E-state index in [0.717, 1.165) is 23.1 Å². The fraction of sp³-hybridized carbons (Fsp3) is 0.333. The molecule has 2 amide bonds. The standard InChI is InChI=1S/C18H18BrNO4S/c1-5-7-20-17(21)15(25-18(20)22)10-12-8-13(19)16(14(9-12)23-4)24-11(3)6-2/h1,8-11H,6-7H2,2-4H3/b15-10+/t11-/m1/s1. The minimum atomic E-state index is -0.386. The van der Waals surface area contributed by atoms with Gasteiger partial charge in [-0.05, 0) is 64.8 Å². The SMILES string of the molecule is C#CCN1C(=O)S/C(=C/c2cc(Br)c(O[C@H](C)CC)c(OC)c2)C1=O. The number of terminal acetylenes is 1. The van der Waals surface area contributed by atoms with Gasteiger partial charge in [0.05, 0.1) is 29.1 Å². The van der Waals surface area contributed by atoms with Crippen LogP contribution in [0.1, 0.15) is 25.8 Å². The number of imide groups is 1. The van der Waals surface area contributed by atoms with Crippen molar-refractivity contribution < 1.29 is 19.1 Å². The van der Waals surface area contributed by atoms with E-state index in [9.17, 15) is 9.59 Å². The fourth-order valence-corrected chi connectivity index (χ4v) is 3.49. The van der Waals surface area contributed by atoms with Gasteiger partial charge in [-0.2, -0.15) is 0 Å². The van der Waals surface area contributed by atoms with Crippen molar-refractivity contribution in [3.63, 3.8) is 0 Å². The lowest BCUT2D eigenvalue weighted by molar-refractivity contribution is -0.122. The second-order valence-electron chi connectivity index (χ2n) is 5.34. The molecule has 25 heavy (non-hydrogen) atoms. The lowest BCUT2D eigenvalue weighted by Gasteiger charge is -2.17. The minimum Gasteiger partial charge on any atom is -0.493 e. The fourth-order valence-electron chi connectivity index (χ4n) is 2.10. The molecule has 1 aromatic carbocycles. The first-order valence-electron chi connectivity index (χ1n) is 7.64. The van der Waals surface area contributed by atoms with E-state index in [1.165, 1.54) is 0 Å². The lowest BCUT2D eigenvalue weighted by Crippen LogP contribution is -2.28. The molecular formula is C18H18BrNO4S. The summed E-state index contributed by atoms with van der Waals surface area (Å²) < 4.78 is 12.0. The van der Waals surface area contributed by atoms with Crippen molar-refractivity contribution in [2.45, 2.75) is 26.4 Å². The molecule has 1 atom stereocenters. The van der Waals surface area contributed by atoms with Gasteiger partial charge in [0.15, 0.2) is 11.5 Å². The highest BCUT2D eigenvalue weighted by molar-refractivity contribution is 9.10. The number of halogens is 1. The van der Waals surface area contributed by atoms with Gasteiger partial charge in [0.2, 0.25) is 0 Å². The number of rotatable bonds is 6. The van der Waals surface area contributed by atoms with Crippen LogP contribution in [-0.4, -0.2) is 35.8 Å². The highest BCUT2D eigenvalue weighted by Gasteiger charge is 2.34. The molecule has 1 aliphatic rings. The molecule has 0 N–H and O–H groups in total. The van der Waals surface area contributed by atoms with Crippen LogP contribution < -0.4 is 9.47 Å². The van der Waals surface area contributed by atoms with E-state index in [2.05, 4.69) is 21.9 Å². The van der Waals surface area contributed by atoms with Crippen LogP contribution in [0.15, 0.2) is 21.5 Å². The van der Waals surface area contributed by atoms with Gasteiger partial charge < -0.3 is 9.47 Å². The van der Waals surface area contributed by atoms with Gasteiger partial charge in [-0.25, -0.2) is 0 Å². The number of methoxy groups -OCH3 is 1. The van der Waals surface area contributed by atoms with Gasteiger partial charge in [0.1, 0.15) is 0 Å². The molecule has 1 aliphatic heterocycles. The summed E-state index contributed by atoms with van der Waals surface area (Å²) in [6, 6.07) is 3.58. The Hall–Kier alpha value is -1.91. The molecule has 1 heterocycles. The summed E-state index contributed by atoms with van der Waals surface area (Å²) in [7, 11) is 1.55. The molecule has 0 radical (unpaired) electrons. The number of hydrogen-bond acceptors (Lipinski definition) is 5. The molecule has 0 saturated carbocycles. The van der Waals surface area contributed by atoms with Crippen LogP contribution in [0.25, 0.3) is 6.08 Å². The zero-order valence-electron chi connectivity index (χ0n) is 14.2. The van der Waals surface area contributed by atoms with Crippen molar-refractivity contribution in [3.8, 4) is 23.8 Å². The Bertz CT molecular complexity index is 769. The molecule has 1 fully saturated rings. The van der Waals surface area contributed by atoms with Gasteiger partial charge in [0.25, 0.3) is 11.1 Å². The Balaban J connectivity index is 2.35. The van der Waals surface area contributed by atoms with Crippen LogP contribution in [0, 0.1) is 12.3 Å². The Morgan fingerprint density at radius 2 is 2.16 bits per heavy atom. The third-order valence-corrected chi connectivity index (χ3v) is 5.06. The Morgan fingerprint density at radius 1 is 1.44 bits per heavy atom. The van der Waals surface area contributed by atoms with Crippen LogP contribution in [0.2, 0.25) is 0 Å². The van der Waals surface area contributed by atoms with Crippen LogP contribution in [0.3, 0.4) is 0 Å². The maximum absolute atomic E-state index is 12.3. The second-order valence-corrected chi connectivity index (χ2v) is 7.19. The molecule has 0 aliphatic carbocycles. The molecule has 1 aromatic rings. The summed E-state index contributed by atoms with van der Waals surface area (Å²) in [4.78, 5) is 25.5. The predicted molar refractivity (Wildman–Crippen MR) is 103 cm³/mol. The van der Waals surface area contributed by atoms with Gasteiger partial charge in [0, 0.05) is 0 Å². The summed E-state index contributed by atoms with van der Waals surface area (Å²) in [5.74, 6) is 3.08. The molecule has 2 rings (SSSR count). The zero-order chi connectivity index (χ0) is 18.6. The molecule has 7 heteroatoms. The first-order chi connectivity index (χ1) is 11.9. The van der Waals surface area contributed by atoms with E-state index in [0.29, 0.717) is 26.4 Å². The Labute approximate surface area is 159 Å². The molecule has 0 unspecified atom stereocenters. The van der Waals surface area contributed by atoms with Gasteiger partial charge in [-0.3, -0.25) is 14.5 Å². The summed E-state index contributed by atoms with van der Waals surface area (Å²) in [5.41, 5.74) is 0.714. The number of thioether (sulfide) groups is 1. The molecule has 5 nitrogen and oxygen atoms in total. The number of nitrogens with zero attached hydrogens (tertiary/aromatic N) is 1. The summed E-state index contributed by atoms with van der Waals surface area (Å²) in [6.07, 6.45) is 7.73. The Kier molecular flexibility index (Phi) is 6.57. The molecule has 1 saturated heterocycles. The van der Waals surface area contributed by atoms with E-state index in [1.54, 1.807) is 19.3 Å². The number of ether oxygens (including phenoxy) is 2. The summed E-state index contributed by atoms with van der Waals surface area (Å²) in [6.45, 7) is 3.98. The van der Waals surface area contributed by atoms with Crippen molar-refractivity contribution in [2.75, 3.05) is 13.7 Å². The van der Waals surface area contributed by atoms with Crippen molar-refractivity contribution >= 4 is 44.9 Å². The first kappa shape index (κ1) is 19.4. The van der Waals surface area contributed by atoms with Crippen molar-refractivity contribution in [3.05, 3.63) is 27.1 Å². The van der Waals surface area contributed by atoms with Gasteiger partial charge in [-0.15, -0.1) is 6.42 Å².